The van der Waals surface area contributed by atoms with Gasteiger partial charge in [-0.05, 0) is 32.2 Å². The van der Waals surface area contributed by atoms with E-state index in [1.807, 2.05) is 4.90 Å². The molecule has 0 spiro atoms. The summed E-state index contributed by atoms with van der Waals surface area (Å²) in [4.78, 5) is 41.1. The maximum absolute atomic E-state index is 12.3. The molecule has 0 aromatic rings. The zero-order chi connectivity index (χ0) is 15.7. The average Bonchev–Trinajstić information content (AvgIpc) is 3.16. The van der Waals surface area contributed by atoms with E-state index in [1.54, 1.807) is 6.92 Å². The molecule has 3 fully saturated rings. The molecular formula is C15H24N4O3. The number of rotatable bonds is 3. The van der Waals surface area contributed by atoms with Crippen LogP contribution in [0.3, 0.4) is 0 Å². The molecule has 1 N–H and O–H groups in total. The van der Waals surface area contributed by atoms with E-state index in [4.69, 9.17) is 0 Å². The zero-order valence-electron chi connectivity index (χ0n) is 13.1. The summed E-state index contributed by atoms with van der Waals surface area (Å²) in [5.74, 6) is -0.00568. The molecule has 0 saturated carbocycles. The van der Waals surface area contributed by atoms with Crippen molar-refractivity contribution in [1.29, 1.82) is 0 Å². The highest BCUT2D eigenvalue weighted by Crippen LogP contribution is 2.30. The number of hydrogen-bond donors (Lipinski definition) is 1. The minimum absolute atomic E-state index is 0.125. The Hall–Kier alpha value is -1.63. The smallest absolute Gasteiger partial charge is 0.324 e. The van der Waals surface area contributed by atoms with Crippen LogP contribution < -0.4 is 5.32 Å². The van der Waals surface area contributed by atoms with Gasteiger partial charge in [-0.3, -0.25) is 19.4 Å². The molecule has 0 bridgehead atoms. The van der Waals surface area contributed by atoms with Gasteiger partial charge in [0.15, 0.2) is 0 Å². The number of carbonyl (C=O) groups excluding carboxylic acids is 3. The molecule has 0 unspecified atom stereocenters. The van der Waals surface area contributed by atoms with Gasteiger partial charge in [-0.1, -0.05) is 0 Å². The predicted octanol–water partition coefficient (Wildman–Crippen LogP) is 0.0135. The predicted molar refractivity (Wildman–Crippen MR) is 80.1 cm³/mol. The van der Waals surface area contributed by atoms with E-state index in [9.17, 15) is 14.4 Å². The van der Waals surface area contributed by atoms with Gasteiger partial charge in [-0.2, -0.15) is 0 Å². The molecule has 122 valence electrons. The van der Waals surface area contributed by atoms with Gasteiger partial charge >= 0.3 is 6.03 Å². The Bertz CT molecular complexity index is 481. The number of hydrogen-bond acceptors (Lipinski definition) is 4. The number of imide groups is 1. The Morgan fingerprint density at radius 1 is 1.14 bits per heavy atom. The number of amides is 4. The highest BCUT2D eigenvalue weighted by molar-refractivity contribution is 5.96. The van der Waals surface area contributed by atoms with Crippen LogP contribution in [-0.2, 0) is 9.59 Å². The lowest BCUT2D eigenvalue weighted by Gasteiger charge is -2.34. The first kappa shape index (κ1) is 15.3. The van der Waals surface area contributed by atoms with Gasteiger partial charge < -0.3 is 10.2 Å². The van der Waals surface area contributed by atoms with Crippen molar-refractivity contribution in [3.05, 3.63) is 0 Å². The molecule has 4 amide bonds. The fourth-order valence-electron chi connectivity index (χ4n) is 4.04. The van der Waals surface area contributed by atoms with Crippen molar-refractivity contribution < 1.29 is 14.4 Å². The molecule has 3 saturated heterocycles. The summed E-state index contributed by atoms with van der Waals surface area (Å²) in [7, 11) is 0. The summed E-state index contributed by atoms with van der Waals surface area (Å²) in [6.45, 7) is 4.59. The Kier molecular flexibility index (Phi) is 4.33. The maximum Gasteiger partial charge on any atom is 0.324 e. The van der Waals surface area contributed by atoms with Gasteiger partial charge in [0, 0.05) is 38.6 Å². The van der Waals surface area contributed by atoms with E-state index in [0.29, 0.717) is 13.1 Å². The number of carbonyl (C=O) groups is 3. The molecule has 0 aromatic carbocycles. The van der Waals surface area contributed by atoms with Crippen molar-refractivity contribution in [1.82, 2.24) is 20.0 Å². The van der Waals surface area contributed by atoms with Gasteiger partial charge in [0.25, 0.3) is 0 Å². The van der Waals surface area contributed by atoms with Crippen LogP contribution in [0.2, 0.25) is 0 Å². The van der Waals surface area contributed by atoms with Gasteiger partial charge in [0.05, 0.1) is 6.54 Å². The highest BCUT2D eigenvalue weighted by Gasteiger charge is 2.40. The molecule has 7 heteroatoms. The Balaban J connectivity index is 1.64. The van der Waals surface area contributed by atoms with Crippen molar-refractivity contribution in [3.63, 3.8) is 0 Å². The second-order valence-corrected chi connectivity index (χ2v) is 6.38. The summed E-state index contributed by atoms with van der Waals surface area (Å²) in [6, 6.07) is 0.188. The first-order valence-electron chi connectivity index (χ1n) is 8.17. The summed E-state index contributed by atoms with van der Waals surface area (Å²) in [6.07, 6.45) is 4.12. The summed E-state index contributed by atoms with van der Waals surface area (Å²) in [5, 5.41) is 2.66. The van der Waals surface area contributed by atoms with Crippen LogP contribution in [0.4, 0.5) is 4.79 Å². The largest absolute Gasteiger partial charge is 0.338 e. The quantitative estimate of drug-likeness (QED) is 0.797. The second-order valence-electron chi connectivity index (χ2n) is 6.38. The van der Waals surface area contributed by atoms with Gasteiger partial charge in [0.2, 0.25) is 11.8 Å². The lowest BCUT2D eigenvalue weighted by Crippen LogP contribution is -2.50. The monoisotopic (exact) mass is 308 g/mol. The Labute approximate surface area is 130 Å². The van der Waals surface area contributed by atoms with E-state index < -0.39 is 0 Å². The van der Waals surface area contributed by atoms with E-state index in [2.05, 4.69) is 10.2 Å². The van der Waals surface area contributed by atoms with Crippen molar-refractivity contribution >= 4 is 17.8 Å². The van der Waals surface area contributed by atoms with E-state index in [-0.39, 0.29) is 36.5 Å². The van der Waals surface area contributed by atoms with E-state index in [1.165, 1.54) is 4.90 Å². The third-order valence-corrected chi connectivity index (χ3v) is 5.06. The van der Waals surface area contributed by atoms with Crippen LogP contribution in [0, 0.1) is 0 Å². The number of urea groups is 1. The van der Waals surface area contributed by atoms with Crippen molar-refractivity contribution in [2.24, 2.45) is 0 Å². The molecule has 3 aliphatic heterocycles. The van der Waals surface area contributed by atoms with Crippen LogP contribution in [-0.4, -0.2) is 77.4 Å². The van der Waals surface area contributed by atoms with Crippen molar-refractivity contribution in [3.8, 4) is 0 Å². The second kappa shape index (κ2) is 6.24. The lowest BCUT2D eigenvalue weighted by molar-refractivity contribution is -0.131. The normalized spacial score (nSPS) is 29.2. The maximum atomic E-state index is 12.3. The Morgan fingerprint density at radius 3 is 2.55 bits per heavy atom. The molecule has 3 aliphatic rings. The van der Waals surface area contributed by atoms with Gasteiger partial charge in [-0.25, -0.2) is 4.79 Å². The fraction of sp³-hybridized carbons (Fsp3) is 0.800. The fourth-order valence-corrected chi connectivity index (χ4v) is 4.04. The van der Waals surface area contributed by atoms with Crippen molar-refractivity contribution in [2.45, 2.75) is 44.7 Å². The molecule has 0 aromatic heterocycles. The van der Waals surface area contributed by atoms with Crippen molar-refractivity contribution in [2.75, 3.05) is 32.7 Å². The standard InChI is InChI=1S/C15H24N4O3/c1-11(20)18-8-3-5-13(18)12-4-2-7-17(12)10-14(21)19-9-6-16-15(19)22/h12-13H,2-10H2,1H3,(H,16,22)/t12-,13+/m0/s1. The lowest BCUT2D eigenvalue weighted by atomic mass is 10.0. The molecule has 3 rings (SSSR count). The number of nitrogens with zero attached hydrogens (tertiary/aromatic N) is 3. The average molecular weight is 308 g/mol. The molecule has 0 radical (unpaired) electrons. The molecular weight excluding hydrogens is 284 g/mol. The molecule has 22 heavy (non-hydrogen) atoms. The van der Waals surface area contributed by atoms with Crippen LogP contribution in [0.25, 0.3) is 0 Å². The van der Waals surface area contributed by atoms with Crippen LogP contribution >= 0.6 is 0 Å². The highest BCUT2D eigenvalue weighted by atomic mass is 16.2. The topological polar surface area (TPSA) is 73.0 Å². The molecule has 0 aliphatic carbocycles. The van der Waals surface area contributed by atoms with Crippen LogP contribution in [0.15, 0.2) is 0 Å². The zero-order valence-corrected chi connectivity index (χ0v) is 13.1. The van der Waals surface area contributed by atoms with Crippen LogP contribution in [0.5, 0.6) is 0 Å². The number of likely N-dealkylation sites (tertiary alicyclic amines) is 2. The Morgan fingerprint density at radius 2 is 1.86 bits per heavy atom. The molecule has 7 nitrogen and oxygen atoms in total. The third-order valence-electron chi connectivity index (χ3n) is 5.06. The number of nitrogens with one attached hydrogen (secondary N) is 1. The van der Waals surface area contributed by atoms with Gasteiger partial charge in [-0.15, -0.1) is 0 Å². The molecule has 2 atom stereocenters. The summed E-state index contributed by atoms with van der Waals surface area (Å²) < 4.78 is 0. The first-order chi connectivity index (χ1) is 10.6. The SMILES string of the molecule is CC(=O)N1CCC[C@@H]1[C@@H]1CCCN1CC(=O)N1CCNC1=O. The van der Waals surface area contributed by atoms with E-state index in [0.717, 1.165) is 38.8 Å². The first-order valence-corrected chi connectivity index (χ1v) is 8.17. The summed E-state index contributed by atoms with van der Waals surface area (Å²) >= 11 is 0. The minimum Gasteiger partial charge on any atom is -0.338 e. The summed E-state index contributed by atoms with van der Waals surface area (Å²) in [5.41, 5.74) is 0. The van der Waals surface area contributed by atoms with Gasteiger partial charge in [0.1, 0.15) is 0 Å². The third kappa shape index (κ3) is 2.82. The molecule has 3 heterocycles. The van der Waals surface area contributed by atoms with E-state index >= 15 is 0 Å². The minimum atomic E-state index is -0.285. The van der Waals surface area contributed by atoms with Crippen LogP contribution in [0.1, 0.15) is 32.6 Å².